The monoisotopic (exact) mass is 282 g/mol. The van der Waals surface area contributed by atoms with Gasteiger partial charge in [-0.05, 0) is 34.8 Å². The fraction of sp³-hybridized carbons (Fsp3) is 0.692. The molecule has 3 heteroatoms. The van der Waals surface area contributed by atoms with Crippen molar-refractivity contribution in [2.45, 2.75) is 57.8 Å². The van der Waals surface area contributed by atoms with Gasteiger partial charge in [0.15, 0.2) is 4.73 Å². The van der Waals surface area contributed by atoms with Gasteiger partial charge in [-0.25, -0.2) is 9.97 Å². The van der Waals surface area contributed by atoms with Gasteiger partial charge < -0.3 is 0 Å². The van der Waals surface area contributed by atoms with Crippen LogP contribution >= 0.6 is 15.9 Å². The maximum Gasteiger partial charge on any atom is 0.197 e. The van der Waals surface area contributed by atoms with Gasteiger partial charge in [0.05, 0.1) is 5.69 Å². The molecule has 0 N–H and O–H groups in total. The topological polar surface area (TPSA) is 25.8 Å². The molecule has 0 unspecified atom stereocenters. The molecule has 0 radical (unpaired) electrons. The van der Waals surface area contributed by atoms with Crippen LogP contribution in [-0.4, -0.2) is 9.97 Å². The van der Waals surface area contributed by atoms with E-state index in [2.05, 4.69) is 52.7 Å². The van der Waals surface area contributed by atoms with Crippen LogP contribution in [0.2, 0.25) is 0 Å². The predicted molar refractivity (Wildman–Crippen MR) is 69.6 cm³/mol. The minimum absolute atomic E-state index is 0.0960. The Balaban J connectivity index is 2.35. The van der Waals surface area contributed by atoms with Crippen LogP contribution < -0.4 is 0 Å². The number of hydrogen-bond donors (Lipinski definition) is 0. The summed E-state index contributed by atoms with van der Waals surface area (Å²) in [6, 6.07) is 2.20. The van der Waals surface area contributed by atoms with Crippen LogP contribution in [0, 0.1) is 0 Å². The molecule has 1 heterocycles. The maximum atomic E-state index is 4.53. The standard InChI is InChI=1S/C13H19BrN2/c1-13(2,3)11-8-10(15-12(14)16-11)9-6-4-5-7-9/h8-9H,4-7H2,1-3H3. The molecule has 2 nitrogen and oxygen atoms in total. The second-order valence-electron chi connectivity index (χ2n) is 5.68. The van der Waals surface area contributed by atoms with E-state index in [1.807, 2.05) is 0 Å². The van der Waals surface area contributed by atoms with Crippen LogP contribution in [0.5, 0.6) is 0 Å². The molecule has 1 aliphatic carbocycles. The third-order valence-corrected chi connectivity index (χ3v) is 3.62. The quantitative estimate of drug-likeness (QED) is 0.722. The summed E-state index contributed by atoms with van der Waals surface area (Å²) in [6.07, 6.45) is 5.26. The van der Waals surface area contributed by atoms with Crippen LogP contribution in [0.25, 0.3) is 0 Å². The lowest BCUT2D eigenvalue weighted by molar-refractivity contribution is 0.558. The van der Waals surface area contributed by atoms with Gasteiger partial charge in [-0.2, -0.15) is 0 Å². The molecule has 1 aromatic heterocycles. The average Bonchev–Trinajstić information content (AvgIpc) is 2.68. The van der Waals surface area contributed by atoms with E-state index in [1.165, 1.54) is 31.4 Å². The first kappa shape index (κ1) is 12.0. The summed E-state index contributed by atoms with van der Waals surface area (Å²) in [7, 11) is 0. The summed E-state index contributed by atoms with van der Waals surface area (Å²) in [5.74, 6) is 0.653. The molecular formula is C13H19BrN2. The summed E-state index contributed by atoms with van der Waals surface area (Å²) in [4.78, 5) is 9.02. The smallest absolute Gasteiger partial charge is 0.197 e. The van der Waals surface area contributed by atoms with Crippen molar-refractivity contribution in [1.29, 1.82) is 0 Å². The zero-order valence-electron chi connectivity index (χ0n) is 10.3. The fourth-order valence-electron chi connectivity index (χ4n) is 2.25. The SMILES string of the molecule is CC(C)(C)c1cc(C2CCCC2)nc(Br)n1. The highest BCUT2D eigenvalue weighted by Gasteiger charge is 2.23. The highest BCUT2D eigenvalue weighted by Crippen LogP contribution is 2.34. The maximum absolute atomic E-state index is 4.53. The van der Waals surface area contributed by atoms with E-state index in [0.717, 1.165) is 10.4 Å². The first-order chi connectivity index (χ1) is 7.47. The number of aromatic nitrogens is 2. The van der Waals surface area contributed by atoms with Crippen molar-refractivity contribution in [3.8, 4) is 0 Å². The van der Waals surface area contributed by atoms with E-state index in [0.29, 0.717) is 5.92 Å². The predicted octanol–water partition coefficient (Wildman–Crippen LogP) is 4.19. The highest BCUT2D eigenvalue weighted by molar-refractivity contribution is 9.10. The van der Waals surface area contributed by atoms with Crippen molar-refractivity contribution in [1.82, 2.24) is 9.97 Å². The van der Waals surface area contributed by atoms with Gasteiger partial charge in [-0.1, -0.05) is 33.6 Å². The van der Waals surface area contributed by atoms with Crippen LogP contribution in [0.4, 0.5) is 0 Å². The third kappa shape index (κ3) is 2.62. The van der Waals surface area contributed by atoms with Gasteiger partial charge in [0, 0.05) is 17.0 Å². The number of rotatable bonds is 1. The number of halogens is 1. The van der Waals surface area contributed by atoms with Crippen molar-refractivity contribution in [2.24, 2.45) is 0 Å². The fourth-order valence-corrected chi connectivity index (χ4v) is 2.65. The van der Waals surface area contributed by atoms with Crippen molar-refractivity contribution in [3.63, 3.8) is 0 Å². The normalized spacial score (nSPS) is 18.0. The lowest BCUT2D eigenvalue weighted by atomic mass is 9.90. The molecular weight excluding hydrogens is 264 g/mol. The van der Waals surface area contributed by atoms with Crippen LogP contribution in [-0.2, 0) is 5.41 Å². The average molecular weight is 283 g/mol. The molecule has 0 spiro atoms. The molecule has 88 valence electrons. The molecule has 2 rings (SSSR count). The molecule has 1 fully saturated rings. The molecule has 1 saturated carbocycles. The van der Waals surface area contributed by atoms with Gasteiger partial charge >= 0.3 is 0 Å². The van der Waals surface area contributed by atoms with E-state index in [9.17, 15) is 0 Å². The Morgan fingerprint density at radius 2 is 1.81 bits per heavy atom. The van der Waals surface area contributed by atoms with Gasteiger partial charge in [0.25, 0.3) is 0 Å². The zero-order valence-corrected chi connectivity index (χ0v) is 11.8. The van der Waals surface area contributed by atoms with Crippen molar-refractivity contribution >= 4 is 15.9 Å². The van der Waals surface area contributed by atoms with E-state index in [-0.39, 0.29) is 5.41 Å². The third-order valence-electron chi connectivity index (χ3n) is 3.26. The van der Waals surface area contributed by atoms with Gasteiger partial charge in [-0.15, -0.1) is 0 Å². The highest BCUT2D eigenvalue weighted by atomic mass is 79.9. The Morgan fingerprint density at radius 1 is 1.19 bits per heavy atom. The molecule has 0 aromatic carbocycles. The Kier molecular flexibility index (Phi) is 3.34. The Hall–Kier alpha value is -0.440. The first-order valence-electron chi connectivity index (χ1n) is 6.02. The largest absolute Gasteiger partial charge is 0.227 e. The minimum atomic E-state index is 0.0960. The summed E-state index contributed by atoms with van der Waals surface area (Å²) < 4.78 is 0.738. The zero-order chi connectivity index (χ0) is 11.8. The lowest BCUT2D eigenvalue weighted by Gasteiger charge is -2.19. The van der Waals surface area contributed by atoms with Crippen molar-refractivity contribution in [3.05, 3.63) is 22.2 Å². The summed E-state index contributed by atoms with van der Waals surface area (Å²) >= 11 is 3.43. The van der Waals surface area contributed by atoms with Crippen LogP contribution in [0.1, 0.15) is 63.8 Å². The molecule has 0 amide bonds. The van der Waals surface area contributed by atoms with E-state index in [4.69, 9.17) is 0 Å². The van der Waals surface area contributed by atoms with Crippen LogP contribution in [0.15, 0.2) is 10.8 Å². The van der Waals surface area contributed by atoms with Gasteiger partial charge in [0.1, 0.15) is 0 Å². The Bertz CT molecular complexity index is 376. The molecule has 0 aliphatic heterocycles. The molecule has 1 aromatic rings. The van der Waals surface area contributed by atoms with Crippen molar-refractivity contribution < 1.29 is 0 Å². The van der Waals surface area contributed by atoms with E-state index in [1.54, 1.807) is 0 Å². The molecule has 1 aliphatic rings. The van der Waals surface area contributed by atoms with Gasteiger partial charge in [0.2, 0.25) is 0 Å². The van der Waals surface area contributed by atoms with E-state index < -0.39 is 0 Å². The van der Waals surface area contributed by atoms with Crippen molar-refractivity contribution in [2.75, 3.05) is 0 Å². The second-order valence-corrected chi connectivity index (χ2v) is 6.39. The first-order valence-corrected chi connectivity index (χ1v) is 6.81. The molecule has 0 saturated heterocycles. The summed E-state index contributed by atoms with van der Waals surface area (Å²) in [5.41, 5.74) is 2.46. The molecule has 16 heavy (non-hydrogen) atoms. The number of hydrogen-bond acceptors (Lipinski definition) is 2. The second kappa shape index (κ2) is 4.44. The Labute approximate surface area is 106 Å². The van der Waals surface area contributed by atoms with E-state index >= 15 is 0 Å². The molecule has 0 atom stereocenters. The summed E-state index contributed by atoms with van der Waals surface area (Å²) in [6.45, 7) is 6.58. The number of nitrogens with zero attached hydrogens (tertiary/aromatic N) is 2. The lowest BCUT2D eigenvalue weighted by Crippen LogP contribution is -2.15. The summed E-state index contributed by atoms with van der Waals surface area (Å²) in [5, 5.41) is 0. The Morgan fingerprint density at radius 3 is 2.38 bits per heavy atom. The minimum Gasteiger partial charge on any atom is -0.227 e. The molecule has 0 bridgehead atoms. The van der Waals surface area contributed by atoms with Gasteiger partial charge in [-0.3, -0.25) is 0 Å². The van der Waals surface area contributed by atoms with Crippen LogP contribution in [0.3, 0.4) is 0 Å².